The summed E-state index contributed by atoms with van der Waals surface area (Å²) in [6.07, 6.45) is 1.45. The summed E-state index contributed by atoms with van der Waals surface area (Å²) in [7, 11) is 0. The summed E-state index contributed by atoms with van der Waals surface area (Å²) >= 11 is 6.10. The van der Waals surface area contributed by atoms with Crippen LogP contribution in [0.5, 0.6) is 0 Å². The van der Waals surface area contributed by atoms with Crippen LogP contribution in [0.3, 0.4) is 0 Å². The van der Waals surface area contributed by atoms with Gasteiger partial charge in [-0.15, -0.1) is 0 Å². The summed E-state index contributed by atoms with van der Waals surface area (Å²) < 4.78 is 32.7. The van der Waals surface area contributed by atoms with Crippen molar-refractivity contribution in [2.45, 2.75) is 13.0 Å². The molecule has 3 nitrogen and oxygen atoms in total. The first kappa shape index (κ1) is 17.2. The van der Waals surface area contributed by atoms with Crippen molar-refractivity contribution in [2.75, 3.05) is 4.90 Å². The second kappa shape index (κ2) is 7.49. The zero-order valence-corrected chi connectivity index (χ0v) is 13.8. The highest BCUT2D eigenvalue weighted by atomic mass is 35.5. The number of rotatable bonds is 5. The van der Waals surface area contributed by atoms with Gasteiger partial charge in [0.2, 0.25) is 5.91 Å². The number of hydrogen-bond acceptors (Lipinski definition) is 2. The number of nitrogens with zero attached hydrogens (tertiary/aromatic N) is 1. The standard InChI is InChI=1S/C19H14ClF2NO2/c20-16-6-2-1-4-13(16)10-19(24)23(12-15-5-3-9-25-15)18-8-7-14(21)11-17(18)22/h1-9,11H,10,12H2. The molecule has 0 spiro atoms. The Morgan fingerprint density at radius 1 is 1.08 bits per heavy atom. The zero-order chi connectivity index (χ0) is 17.8. The van der Waals surface area contributed by atoms with Crippen molar-refractivity contribution >= 4 is 23.2 Å². The first-order chi connectivity index (χ1) is 12.0. The average Bonchev–Trinajstić information content (AvgIpc) is 3.08. The van der Waals surface area contributed by atoms with E-state index in [1.54, 1.807) is 36.4 Å². The quantitative estimate of drug-likeness (QED) is 0.641. The van der Waals surface area contributed by atoms with Crippen LogP contribution in [0.25, 0.3) is 0 Å². The maximum atomic E-state index is 14.2. The summed E-state index contributed by atoms with van der Waals surface area (Å²) in [6.45, 7) is 0.0266. The highest BCUT2D eigenvalue weighted by Crippen LogP contribution is 2.25. The van der Waals surface area contributed by atoms with E-state index < -0.39 is 11.6 Å². The molecule has 3 rings (SSSR count). The van der Waals surface area contributed by atoms with Crippen LogP contribution in [0.1, 0.15) is 11.3 Å². The number of carbonyl (C=O) groups excluding carboxylic acids is 1. The molecule has 0 saturated carbocycles. The van der Waals surface area contributed by atoms with Gasteiger partial charge in [-0.25, -0.2) is 8.78 Å². The van der Waals surface area contributed by atoms with Crippen LogP contribution in [-0.4, -0.2) is 5.91 Å². The van der Waals surface area contributed by atoms with Crippen molar-refractivity contribution in [3.05, 3.63) is 88.8 Å². The van der Waals surface area contributed by atoms with E-state index in [4.69, 9.17) is 16.0 Å². The number of hydrogen-bond donors (Lipinski definition) is 0. The molecule has 0 N–H and O–H groups in total. The molecule has 1 aromatic heterocycles. The van der Waals surface area contributed by atoms with E-state index in [1.807, 2.05) is 0 Å². The van der Waals surface area contributed by atoms with Crippen LogP contribution in [0.2, 0.25) is 5.02 Å². The molecular formula is C19H14ClF2NO2. The van der Waals surface area contributed by atoms with Gasteiger partial charge in [-0.1, -0.05) is 29.8 Å². The number of halogens is 3. The van der Waals surface area contributed by atoms with Crippen molar-refractivity contribution in [3.63, 3.8) is 0 Å². The Kier molecular flexibility index (Phi) is 5.14. The molecule has 2 aromatic carbocycles. The molecule has 0 radical (unpaired) electrons. The van der Waals surface area contributed by atoms with Gasteiger partial charge in [0, 0.05) is 11.1 Å². The monoisotopic (exact) mass is 361 g/mol. The lowest BCUT2D eigenvalue weighted by atomic mass is 10.1. The van der Waals surface area contributed by atoms with Crippen molar-refractivity contribution in [1.82, 2.24) is 0 Å². The van der Waals surface area contributed by atoms with Gasteiger partial charge in [0.1, 0.15) is 17.4 Å². The van der Waals surface area contributed by atoms with Gasteiger partial charge in [-0.3, -0.25) is 4.79 Å². The minimum absolute atomic E-state index is 0.0167. The molecule has 0 bridgehead atoms. The Hall–Kier alpha value is -2.66. The molecule has 6 heteroatoms. The fourth-order valence-electron chi connectivity index (χ4n) is 2.47. The zero-order valence-electron chi connectivity index (χ0n) is 13.1. The van der Waals surface area contributed by atoms with Crippen molar-refractivity contribution < 1.29 is 18.0 Å². The van der Waals surface area contributed by atoms with Crippen molar-refractivity contribution in [3.8, 4) is 0 Å². The Labute approximate surface area is 148 Å². The minimum Gasteiger partial charge on any atom is -0.467 e. The number of anilines is 1. The summed E-state index contributed by atoms with van der Waals surface area (Å²) in [5, 5.41) is 0.452. The maximum absolute atomic E-state index is 14.2. The van der Waals surface area contributed by atoms with Crippen LogP contribution in [0, 0.1) is 11.6 Å². The lowest BCUT2D eigenvalue weighted by Crippen LogP contribution is -2.32. The third kappa shape index (κ3) is 4.06. The number of carbonyl (C=O) groups is 1. The number of benzene rings is 2. The molecular weight excluding hydrogens is 348 g/mol. The molecule has 0 unspecified atom stereocenters. The van der Waals surface area contributed by atoms with E-state index >= 15 is 0 Å². The third-order valence-corrected chi connectivity index (χ3v) is 4.06. The van der Waals surface area contributed by atoms with Crippen LogP contribution in [0.15, 0.2) is 65.3 Å². The molecule has 1 heterocycles. The topological polar surface area (TPSA) is 33.5 Å². The first-order valence-corrected chi connectivity index (χ1v) is 7.93. The SMILES string of the molecule is O=C(Cc1ccccc1Cl)N(Cc1ccco1)c1ccc(F)cc1F. The van der Waals surface area contributed by atoms with Gasteiger partial charge >= 0.3 is 0 Å². The summed E-state index contributed by atoms with van der Waals surface area (Å²) in [5.74, 6) is -1.43. The lowest BCUT2D eigenvalue weighted by Gasteiger charge is -2.23. The number of furan rings is 1. The van der Waals surface area contributed by atoms with E-state index in [9.17, 15) is 13.6 Å². The van der Waals surface area contributed by atoms with Gasteiger partial charge in [0.25, 0.3) is 0 Å². The molecule has 3 aromatic rings. The Morgan fingerprint density at radius 2 is 1.88 bits per heavy atom. The molecule has 0 atom stereocenters. The Balaban J connectivity index is 1.92. The van der Waals surface area contributed by atoms with E-state index in [-0.39, 0.29) is 24.6 Å². The predicted octanol–water partition coefficient (Wildman–Crippen LogP) is 4.99. The molecule has 0 fully saturated rings. The first-order valence-electron chi connectivity index (χ1n) is 7.56. The molecule has 0 aliphatic carbocycles. The van der Waals surface area contributed by atoms with E-state index in [0.29, 0.717) is 16.3 Å². The van der Waals surface area contributed by atoms with Gasteiger partial charge in [0.05, 0.1) is 24.9 Å². The second-order valence-corrected chi connectivity index (χ2v) is 5.83. The molecule has 0 aliphatic heterocycles. The molecule has 128 valence electrons. The smallest absolute Gasteiger partial charge is 0.231 e. The fraction of sp³-hybridized carbons (Fsp3) is 0.105. The highest BCUT2D eigenvalue weighted by Gasteiger charge is 2.22. The van der Waals surface area contributed by atoms with Crippen LogP contribution >= 0.6 is 11.6 Å². The normalized spacial score (nSPS) is 10.7. The van der Waals surface area contributed by atoms with Crippen LogP contribution < -0.4 is 4.90 Å². The van der Waals surface area contributed by atoms with Crippen molar-refractivity contribution in [1.29, 1.82) is 0 Å². The van der Waals surface area contributed by atoms with E-state index in [1.165, 1.54) is 17.2 Å². The third-order valence-electron chi connectivity index (χ3n) is 3.70. The molecule has 1 amide bonds. The summed E-state index contributed by atoms with van der Waals surface area (Å²) in [5.41, 5.74) is 0.607. The van der Waals surface area contributed by atoms with Gasteiger partial charge in [-0.2, -0.15) is 0 Å². The Bertz CT molecular complexity index is 881. The van der Waals surface area contributed by atoms with Gasteiger partial charge in [0.15, 0.2) is 0 Å². The van der Waals surface area contributed by atoms with E-state index in [0.717, 1.165) is 12.1 Å². The van der Waals surface area contributed by atoms with Crippen molar-refractivity contribution in [2.24, 2.45) is 0 Å². The minimum atomic E-state index is -0.820. The maximum Gasteiger partial charge on any atom is 0.231 e. The molecule has 0 saturated heterocycles. The number of amides is 1. The second-order valence-electron chi connectivity index (χ2n) is 5.42. The fourth-order valence-corrected chi connectivity index (χ4v) is 2.67. The van der Waals surface area contributed by atoms with Gasteiger partial charge < -0.3 is 9.32 Å². The molecule has 25 heavy (non-hydrogen) atoms. The Morgan fingerprint density at radius 3 is 2.56 bits per heavy atom. The summed E-state index contributed by atoms with van der Waals surface area (Å²) in [4.78, 5) is 14.0. The van der Waals surface area contributed by atoms with E-state index in [2.05, 4.69) is 0 Å². The van der Waals surface area contributed by atoms with Crippen LogP contribution in [0.4, 0.5) is 14.5 Å². The summed E-state index contributed by atoms with van der Waals surface area (Å²) in [6, 6.07) is 13.4. The lowest BCUT2D eigenvalue weighted by molar-refractivity contribution is -0.118. The predicted molar refractivity (Wildman–Crippen MR) is 91.4 cm³/mol. The van der Waals surface area contributed by atoms with Crippen LogP contribution in [-0.2, 0) is 17.8 Å². The largest absolute Gasteiger partial charge is 0.467 e. The average molecular weight is 362 g/mol. The molecule has 0 aliphatic rings. The van der Waals surface area contributed by atoms with Gasteiger partial charge in [-0.05, 0) is 35.9 Å². The highest BCUT2D eigenvalue weighted by molar-refractivity contribution is 6.31.